The molecule has 0 saturated heterocycles. The third-order valence-corrected chi connectivity index (χ3v) is 4.68. The summed E-state index contributed by atoms with van der Waals surface area (Å²) >= 11 is 0. The molecule has 0 amide bonds. The first-order chi connectivity index (χ1) is 10.9. The summed E-state index contributed by atoms with van der Waals surface area (Å²) < 4.78 is 0. The van der Waals surface area contributed by atoms with Crippen molar-refractivity contribution in [1.82, 2.24) is 4.98 Å². The fourth-order valence-corrected chi connectivity index (χ4v) is 3.41. The van der Waals surface area contributed by atoms with Crippen LogP contribution in [0.25, 0.3) is 21.8 Å². The normalized spacial score (nSPS) is 11.5. The van der Waals surface area contributed by atoms with Gasteiger partial charge >= 0.3 is 0 Å². The average Bonchev–Trinajstić information content (AvgIpc) is 2.93. The first kappa shape index (κ1) is 15.1. The summed E-state index contributed by atoms with van der Waals surface area (Å²) in [6.07, 6.45) is 10.8. The molecule has 0 unspecified atom stereocenters. The van der Waals surface area contributed by atoms with E-state index in [4.69, 9.17) is 0 Å². The maximum Gasteiger partial charge on any atom is 0.0497 e. The Bertz CT molecular complexity index is 723. The van der Waals surface area contributed by atoms with Crippen LogP contribution in [0.3, 0.4) is 0 Å². The molecular formula is C21H27N. The van der Waals surface area contributed by atoms with Gasteiger partial charge in [0.05, 0.1) is 0 Å². The van der Waals surface area contributed by atoms with Crippen LogP contribution in [-0.4, -0.2) is 4.98 Å². The van der Waals surface area contributed by atoms with Crippen molar-refractivity contribution in [3.8, 4) is 0 Å². The Labute approximate surface area is 133 Å². The quantitative estimate of drug-likeness (QED) is 0.449. The molecule has 3 aromatic rings. The number of nitrogens with one attached hydrogen (secondary N) is 1. The monoisotopic (exact) mass is 293 g/mol. The Morgan fingerprint density at radius 2 is 1.45 bits per heavy atom. The average molecular weight is 293 g/mol. The van der Waals surface area contributed by atoms with Crippen LogP contribution in [0.5, 0.6) is 0 Å². The largest absolute Gasteiger partial charge is 0.354 e. The van der Waals surface area contributed by atoms with Gasteiger partial charge in [-0.3, -0.25) is 0 Å². The maximum atomic E-state index is 3.62. The summed E-state index contributed by atoms with van der Waals surface area (Å²) in [5.74, 6) is 0. The van der Waals surface area contributed by atoms with Crippen molar-refractivity contribution in [3.05, 3.63) is 48.0 Å². The van der Waals surface area contributed by atoms with Crippen molar-refractivity contribution in [1.29, 1.82) is 0 Å². The number of aryl methyl sites for hydroxylation is 1. The van der Waals surface area contributed by atoms with Gasteiger partial charge in [-0.25, -0.2) is 0 Å². The van der Waals surface area contributed by atoms with Crippen molar-refractivity contribution in [2.45, 2.75) is 58.3 Å². The van der Waals surface area contributed by atoms with Crippen LogP contribution < -0.4 is 0 Å². The van der Waals surface area contributed by atoms with E-state index in [1.807, 2.05) is 0 Å². The molecule has 0 aliphatic rings. The molecule has 0 spiro atoms. The van der Waals surface area contributed by atoms with Gasteiger partial charge in [0.25, 0.3) is 0 Å². The van der Waals surface area contributed by atoms with Gasteiger partial charge in [-0.1, -0.05) is 81.8 Å². The lowest BCUT2D eigenvalue weighted by Crippen LogP contribution is -1.88. The molecule has 1 heterocycles. The van der Waals surface area contributed by atoms with Crippen molar-refractivity contribution in [3.63, 3.8) is 0 Å². The highest BCUT2D eigenvalue weighted by Gasteiger charge is 2.07. The van der Waals surface area contributed by atoms with Crippen molar-refractivity contribution >= 4 is 21.8 Å². The van der Waals surface area contributed by atoms with Gasteiger partial charge < -0.3 is 4.98 Å². The minimum absolute atomic E-state index is 1.19. The molecule has 22 heavy (non-hydrogen) atoms. The fraction of sp³-hybridized carbons (Fsp3) is 0.429. The SMILES string of the molecule is CCCCCCCCCc1cccc2c1[nH]c1ccccc12. The van der Waals surface area contributed by atoms with E-state index in [0.29, 0.717) is 0 Å². The first-order valence-corrected chi connectivity index (χ1v) is 8.88. The molecule has 3 rings (SSSR count). The Balaban J connectivity index is 1.64. The van der Waals surface area contributed by atoms with E-state index >= 15 is 0 Å². The second-order valence-corrected chi connectivity index (χ2v) is 6.38. The Morgan fingerprint density at radius 3 is 2.32 bits per heavy atom. The van der Waals surface area contributed by atoms with Gasteiger partial charge in [0, 0.05) is 21.8 Å². The zero-order valence-corrected chi connectivity index (χ0v) is 13.7. The van der Waals surface area contributed by atoms with Gasteiger partial charge in [0.2, 0.25) is 0 Å². The van der Waals surface area contributed by atoms with Crippen molar-refractivity contribution < 1.29 is 0 Å². The number of benzene rings is 2. The van der Waals surface area contributed by atoms with Crippen molar-refractivity contribution in [2.24, 2.45) is 0 Å². The second kappa shape index (κ2) is 7.49. The maximum absolute atomic E-state index is 3.62. The highest BCUT2D eigenvalue weighted by Crippen LogP contribution is 2.28. The lowest BCUT2D eigenvalue weighted by Gasteiger charge is -2.04. The minimum atomic E-state index is 1.19. The number of H-pyrrole nitrogens is 1. The molecule has 0 fully saturated rings. The standard InChI is InChI=1S/C21H27N/c1-2-3-4-5-6-7-8-12-17-13-11-15-19-18-14-9-10-16-20(18)22-21(17)19/h9-11,13-16,22H,2-8,12H2,1H3. The predicted octanol–water partition coefficient (Wildman–Crippen LogP) is 6.61. The highest BCUT2D eigenvalue weighted by atomic mass is 14.7. The summed E-state index contributed by atoms with van der Waals surface area (Å²) in [5, 5.41) is 2.72. The summed E-state index contributed by atoms with van der Waals surface area (Å²) in [4.78, 5) is 3.62. The van der Waals surface area contributed by atoms with Gasteiger partial charge in [0.15, 0.2) is 0 Å². The zero-order valence-electron chi connectivity index (χ0n) is 13.7. The highest BCUT2D eigenvalue weighted by molar-refractivity contribution is 6.08. The molecule has 0 saturated carbocycles. The summed E-state index contributed by atoms with van der Waals surface area (Å²) in [5.41, 5.74) is 4.07. The van der Waals surface area contributed by atoms with Gasteiger partial charge in [-0.05, 0) is 24.5 Å². The topological polar surface area (TPSA) is 15.8 Å². The summed E-state index contributed by atoms with van der Waals surface area (Å²) in [6.45, 7) is 2.28. The van der Waals surface area contributed by atoms with Crippen LogP contribution in [-0.2, 0) is 6.42 Å². The molecule has 1 N–H and O–H groups in total. The van der Waals surface area contributed by atoms with E-state index in [2.05, 4.69) is 54.4 Å². The number of hydrogen-bond donors (Lipinski definition) is 1. The molecule has 0 aliphatic carbocycles. The number of unbranched alkanes of at least 4 members (excludes halogenated alkanes) is 6. The molecule has 2 aromatic carbocycles. The van der Waals surface area contributed by atoms with Crippen molar-refractivity contribution in [2.75, 3.05) is 0 Å². The molecule has 116 valence electrons. The van der Waals surface area contributed by atoms with E-state index in [-0.39, 0.29) is 0 Å². The Kier molecular flexibility index (Phi) is 5.15. The van der Waals surface area contributed by atoms with E-state index in [1.54, 1.807) is 0 Å². The number of aromatic nitrogens is 1. The molecule has 0 atom stereocenters. The second-order valence-electron chi connectivity index (χ2n) is 6.38. The fourth-order valence-electron chi connectivity index (χ4n) is 3.41. The lowest BCUT2D eigenvalue weighted by atomic mass is 10.0. The summed E-state index contributed by atoms with van der Waals surface area (Å²) in [7, 11) is 0. The number of aromatic amines is 1. The third kappa shape index (κ3) is 3.35. The predicted molar refractivity (Wildman–Crippen MR) is 97.5 cm³/mol. The molecule has 1 aromatic heterocycles. The smallest absolute Gasteiger partial charge is 0.0497 e. The number of para-hydroxylation sites is 2. The third-order valence-electron chi connectivity index (χ3n) is 4.68. The van der Waals surface area contributed by atoms with E-state index in [1.165, 1.54) is 78.7 Å². The summed E-state index contributed by atoms with van der Waals surface area (Å²) in [6, 6.07) is 15.3. The van der Waals surface area contributed by atoms with Crippen LogP contribution >= 0.6 is 0 Å². The Hall–Kier alpha value is -1.76. The van der Waals surface area contributed by atoms with Gasteiger partial charge in [-0.15, -0.1) is 0 Å². The number of hydrogen-bond acceptors (Lipinski definition) is 0. The van der Waals surface area contributed by atoms with Crippen LogP contribution in [0.2, 0.25) is 0 Å². The van der Waals surface area contributed by atoms with Gasteiger partial charge in [-0.2, -0.15) is 0 Å². The molecule has 0 aliphatic heterocycles. The zero-order chi connectivity index (χ0) is 15.2. The van der Waals surface area contributed by atoms with Crippen LogP contribution in [0.15, 0.2) is 42.5 Å². The molecule has 1 nitrogen and oxygen atoms in total. The van der Waals surface area contributed by atoms with Crippen LogP contribution in [0.1, 0.15) is 57.4 Å². The van der Waals surface area contributed by atoms with Gasteiger partial charge in [0.1, 0.15) is 0 Å². The molecule has 0 radical (unpaired) electrons. The first-order valence-electron chi connectivity index (χ1n) is 8.88. The lowest BCUT2D eigenvalue weighted by molar-refractivity contribution is 0.590. The number of rotatable bonds is 8. The Morgan fingerprint density at radius 1 is 0.727 bits per heavy atom. The minimum Gasteiger partial charge on any atom is -0.354 e. The van der Waals surface area contributed by atoms with Crippen LogP contribution in [0.4, 0.5) is 0 Å². The van der Waals surface area contributed by atoms with E-state index in [0.717, 1.165) is 0 Å². The van der Waals surface area contributed by atoms with E-state index in [9.17, 15) is 0 Å². The molecule has 0 bridgehead atoms. The van der Waals surface area contributed by atoms with E-state index < -0.39 is 0 Å². The number of fused-ring (bicyclic) bond motifs is 3. The van der Waals surface area contributed by atoms with Crippen LogP contribution in [0, 0.1) is 0 Å². The molecule has 1 heteroatoms. The molecular weight excluding hydrogens is 266 g/mol.